The fourth-order valence-electron chi connectivity index (χ4n) is 3.97. The minimum atomic E-state index is -0.285. The van der Waals surface area contributed by atoms with E-state index in [0.717, 1.165) is 37.8 Å². The number of benzene rings is 1. The molecule has 1 aromatic rings. The summed E-state index contributed by atoms with van der Waals surface area (Å²) in [6, 6.07) is 7.02. The highest BCUT2D eigenvalue weighted by Crippen LogP contribution is 2.29. The zero-order valence-corrected chi connectivity index (χ0v) is 19.3. The number of carbonyl (C=O) groups is 2. The van der Waals surface area contributed by atoms with Gasteiger partial charge in [0.15, 0.2) is 0 Å². The second-order valence-electron chi connectivity index (χ2n) is 9.53. The normalized spacial score (nSPS) is 16.0. The molecule has 0 aromatic heterocycles. The van der Waals surface area contributed by atoms with Gasteiger partial charge in [-0.05, 0) is 70.2 Å². The van der Waals surface area contributed by atoms with Crippen molar-refractivity contribution >= 4 is 17.6 Å². The number of amides is 1. The molecule has 0 spiro atoms. The minimum absolute atomic E-state index is 0.0463. The van der Waals surface area contributed by atoms with Crippen LogP contribution in [-0.4, -0.2) is 30.1 Å². The number of rotatable bonds is 10. The lowest BCUT2D eigenvalue weighted by molar-refractivity contribution is -0.124. The van der Waals surface area contributed by atoms with Gasteiger partial charge in [-0.1, -0.05) is 45.4 Å². The molecule has 0 heterocycles. The first kappa shape index (κ1) is 24.2. The van der Waals surface area contributed by atoms with E-state index in [9.17, 15) is 9.59 Å². The van der Waals surface area contributed by atoms with Crippen LogP contribution < -0.4 is 10.6 Å². The van der Waals surface area contributed by atoms with Crippen LogP contribution in [0.2, 0.25) is 0 Å². The Kier molecular flexibility index (Phi) is 9.67. The molecule has 1 fully saturated rings. The van der Waals surface area contributed by atoms with Crippen molar-refractivity contribution in [2.24, 2.45) is 5.92 Å². The Hall–Kier alpha value is -2.04. The maximum atomic E-state index is 13.0. The first-order valence-corrected chi connectivity index (χ1v) is 11.7. The number of anilines is 1. The summed E-state index contributed by atoms with van der Waals surface area (Å²) in [6.07, 6.45) is 10.1. The van der Waals surface area contributed by atoms with Crippen molar-refractivity contribution in [3.63, 3.8) is 0 Å². The Labute approximate surface area is 182 Å². The molecule has 1 aromatic carbocycles. The van der Waals surface area contributed by atoms with Crippen molar-refractivity contribution < 1.29 is 14.3 Å². The van der Waals surface area contributed by atoms with Gasteiger partial charge in [0.2, 0.25) is 5.91 Å². The first-order valence-electron chi connectivity index (χ1n) is 11.7. The summed E-state index contributed by atoms with van der Waals surface area (Å²) in [7, 11) is 0. The van der Waals surface area contributed by atoms with Gasteiger partial charge in [-0.2, -0.15) is 0 Å². The highest BCUT2D eigenvalue weighted by molar-refractivity contribution is 5.90. The molecule has 0 saturated heterocycles. The highest BCUT2D eigenvalue weighted by atomic mass is 16.5. The Bertz CT molecular complexity index is 658. The van der Waals surface area contributed by atoms with Crippen LogP contribution in [0.15, 0.2) is 24.3 Å². The van der Waals surface area contributed by atoms with Crippen LogP contribution in [0.4, 0.5) is 5.69 Å². The van der Waals surface area contributed by atoms with Gasteiger partial charge in [-0.3, -0.25) is 4.79 Å². The second kappa shape index (κ2) is 12.0. The van der Waals surface area contributed by atoms with Crippen molar-refractivity contribution in [2.75, 3.05) is 11.9 Å². The van der Waals surface area contributed by atoms with Gasteiger partial charge in [-0.25, -0.2) is 4.79 Å². The highest BCUT2D eigenvalue weighted by Gasteiger charge is 2.31. The second-order valence-corrected chi connectivity index (χ2v) is 9.53. The zero-order chi connectivity index (χ0) is 22.0. The van der Waals surface area contributed by atoms with Crippen molar-refractivity contribution in [3.05, 3.63) is 29.8 Å². The Morgan fingerprint density at radius 3 is 2.30 bits per heavy atom. The summed E-state index contributed by atoms with van der Waals surface area (Å²) in [5, 5.41) is 6.57. The average Bonchev–Trinajstić information content (AvgIpc) is 2.71. The zero-order valence-electron chi connectivity index (χ0n) is 19.3. The molecular formula is C25H40N2O3. The number of hydrogen-bond acceptors (Lipinski definition) is 4. The van der Waals surface area contributed by atoms with Gasteiger partial charge in [-0.15, -0.1) is 0 Å². The predicted molar refractivity (Wildman–Crippen MR) is 123 cm³/mol. The summed E-state index contributed by atoms with van der Waals surface area (Å²) in [5.41, 5.74) is 1.13. The van der Waals surface area contributed by atoms with Crippen molar-refractivity contribution in [1.29, 1.82) is 0 Å². The van der Waals surface area contributed by atoms with Crippen molar-refractivity contribution in [3.8, 4) is 0 Å². The van der Waals surface area contributed by atoms with Crippen LogP contribution in [0.1, 0.15) is 95.8 Å². The molecule has 1 amide bonds. The molecule has 1 aliphatic carbocycles. The molecular weight excluding hydrogens is 376 g/mol. The summed E-state index contributed by atoms with van der Waals surface area (Å²) in [4.78, 5) is 25.2. The van der Waals surface area contributed by atoms with E-state index in [1.807, 2.05) is 32.9 Å². The summed E-state index contributed by atoms with van der Waals surface area (Å²) >= 11 is 0. The van der Waals surface area contributed by atoms with Crippen LogP contribution in [-0.2, 0) is 9.53 Å². The molecule has 168 valence electrons. The SMILES string of the molecule is CCCCCCOC(=O)c1ccc(NC(C(=O)NC(C)(C)C)C2CCCCC2)cc1. The third-order valence-electron chi connectivity index (χ3n) is 5.58. The van der Waals surface area contributed by atoms with Gasteiger partial charge < -0.3 is 15.4 Å². The smallest absolute Gasteiger partial charge is 0.338 e. The molecule has 2 N–H and O–H groups in total. The largest absolute Gasteiger partial charge is 0.462 e. The van der Waals surface area contributed by atoms with Crippen LogP contribution in [0, 0.1) is 5.92 Å². The Balaban J connectivity index is 1.98. The van der Waals surface area contributed by atoms with Gasteiger partial charge in [0.25, 0.3) is 0 Å². The predicted octanol–water partition coefficient (Wildman–Crippen LogP) is 5.70. The standard InChI is InChI=1S/C25H40N2O3/c1-5-6-7-11-18-30-24(29)20-14-16-21(17-15-20)26-22(19-12-9-8-10-13-19)23(28)27-25(2,3)4/h14-17,19,22,26H,5-13,18H2,1-4H3,(H,27,28). The molecule has 5 heteroatoms. The van der Waals surface area contributed by atoms with Gasteiger partial charge >= 0.3 is 5.97 Å². The molecule has 0 aliphatic heterocycles. The average molecular weight is 417 g/mol. The maximum absolute atomic E-state index is 13.0. The number of hydrogen-bond donors (Lipinski definition) is 2. The van der Waals surface area contributed by atoms with E-state index >= 15 is 0 Å². The fraction of sp³-hybridized carbons (Fsp3) is 0.680. The molecule has 1 aliphatic rings. The number of unbranched alkanes of at least 4 members (excludes halogenated alkanes) is 3. The monoisotopic (exact) mass is 416 g/mol. The van der Waals surface area contributed by atoms with E-state index in [2.05, 4.69) is 17.6 Å². The molecule has 2 rings (SSSR count). The third kappa shape index (κ3) is 8.37. The quantitative estimate of drug-likeness (QED) is 0.379. The van der Waals surface area contributed by atoms with Crippen LogP contribution in [0.3, 0.4) is 0 Å². The molecule has 30 heavy (non-hydrogen) atoms. The Morgan fingerprint density at radius 2 is 1.70 bits per heavy atom. The van der Waals surface area contributed by atoms with E-state index in [-0.39, 0.29) is 23.5 Å². The third-order valence-corrected chi connectivity index (χ3v) is 5.58. The lowest BCUT2D eigenvalue weighted by atomic mass is 9.83. The molecule has 5 nitrogen and oxygen atoms in total. The Morgan fingerprint density at radius 1 is 1.03 bits per heavy atom. The van der Waals surface area contributed by atoms with E-state index in [4.69, 9.17) is 4.74 Å². The van der Waals surface area contributed by atoms with Crippen molar-refractivity contribution in [2.45, 2.75) is 97.1 Å². The molecule has 1 atom stereocenters. The van der Waals surface area contributed by atoms with Crippen LogP contribution in [0.5, 0.6) is 0 Å². The molecule has 1 unspecified atom stereocenters. The summed E-state index contributed by atoms with van der Waals surface area (Å²) < 4.78 is 5.36. The van der Waals surface area contributed by atoms with Crippen molar-refractivity contribution in [1.82, 2.24) is 5.32 Å². The summed E-state index contributed by atoms with van der Waals surface area (Å²) in [5.74, 6) is 0.0891. The molecule has 0 bridgehead atoms. The lowest BCUT2D eigenvalue weighted by Gasteiger charge is -2.33. The van der Waals surface area contributed by atoms with E-state index in [1.165, 1.54) is 25.7 Å². The molecule has 1 saturated carbocycles. The van der Waals surface area contributed by atoms with Gasteiger partial charge in [0.05, 0.1) is 12.2 Å². The fourth-order valence-corrected chi connectivity index (χ4v) is 3.97. The topological polar surface area (TPSA) is 67.4 Å². The van der Waals surface area contributed by atoms with E-state index in [0.29, 0.717) is 18.1 Å². The number of carbonyl (C=O) groups excluding carboxylic acids is 2. The molecule has 0 radical (unpaired) electrons. The van der Waals surface area contributed by atoms with Gasteiger partial charge in [0.1, 0.15) is 6.04 Å². The number of nitrogens with one attached hydrogen (secondary N) is 2. The van der Waals surface area contributed by atoms with E-state index in [1.54, 1.807) is 12.1 Å². The minimum Gasteiger partial charge on any atom is -0.462 e. The van der Waals surface area contributed by atoms with Crippen LogP contribution in [0.25, 0.3) is 0 Å². The van der Waals surface area contributed by atoms with Crippen LogP contribution >= 0.6 is 0 Å². The number of ether oxygens (including phenoxy) is 1. The van der Waals surface area contributed by atoms with E-state index < -0.39 is 0 Å². The van der Waals surface area contributed by atoms with Gasteiger partial charge in [0, 0.05) is 11.2 Å². The first-order chi connectivity index (χ1) is 14.3. The lowest BCUT2D eigenvalue weighted by Crippen LogP contribution is -2.51. The summed E-state index contributed by atoms with van der Waals surface area (Å²) in [6.45, 7) is 8.64. The maximum Gasteiger partial charge on any atom is 0.338 e. The number of esters is 1.